The van der Waals surface area contributed by atoms with Crippen LogP contribution in [0.3, 0.4) is 0 Å². The van der Waals surface area contributed by atoms with E-state index in [1.807, 2.05) is 44.2 Å². The Morgan fingerprint density at radius 3 is 2.62 bits per heavy atom. The highest BCUT2D eigenvalue weighted by molar-refractivity contribution is 6.31. The summed E-state index contributed by atoms with van der Waals surface area (Å²) in [6, 6.07) is 12.8. The van der Waals surface area contributed by atoms with Gasteiger partial charge in [-0.3, -0.25) is 10.1 Å². The van der Waals surface area contributed by atoms with E-state index in [4.69, 9.17) is 11.6 Å². The number of nitrogens with one attached hydrogen (secondary N) is 1. The second-order valence-corrected chi connectivity index (χ2v) is 5.25. The van der Waals surface area contributed by atoms with E-state index in [-0.39, 0.29) is 16.7 Å². The fourth-order valence-corrected chi connectivity index (χ4v) is 2.58. The number of hydrogen-bond donors (Lipinski definition) is 1. The number of nitro benzene ring substituents is 1. The SMILES string of the molecule is CCc1ccc(NC(C)c2ccccc2Cl)cc1[N+](=O)[O-]. The maximum Gasteiger partial charge on any atom is 0.274 e. The number of nitrogens with zero attached hydrogens (tertiary/aromatic N) is 1. The van der Waals surface area contributed by atoms with Gasteiger partial charge in [-0.15, -0.1) is 0 Å². The molecule has 1 atom stereocenters. The zero-order chi connectivity index (χ0) is 15.4. The lowest BCUT2D eigenvalue weighted by Crippen LogP contribution is -2.07. The van der Waals surface area contributed by atoms with Gasteiger partial charge in [0.15, 0.2) is 0 Å². The highest BCUT2D eigenvalue weighted by Gasteiger charge is 2.15. The normalized spacial score (nSPS) is 12.0. The molecule has 0 radical (unpaired) electrons. The van der Waals surface area contributed by atoms with Gasteiger partial charge in [-0.2, -0.15) is 0 Å². The minimum atomic E-state index is -0.343. The van der Waals surface area contributed by atoms with Crippen molar-refractivity contribution in [3.63, 3.8) is 0 Å². The molecule has 2 aromatic carbocycles. The molecule has 1 unspecified atom stereocenters. The van der Waals surface area contributed by atoms with Crippen LogP contribution in [0, 0.1) is 10.1 Å². The first-order valence-electron chi connectivity index (χ1n) is 6.81. The molecule has 0 saturated heterocycles. The summed E-state index contributed by atoms with van der Waals surface area (Å²) in [6.07, 6.45) is 0.636. The van der Waals surface area contributed by atoms with E-state index in [0.717, 1.165) is 11.1 Å². The van der Waals surface area contributed by atoms with E-state index < -0.39 is 0 Å². The van der Waals surface area contributed by atoms with E-state index >= 15 is 0 Å². The largest absolute Gasteiger partial charge is 0.378 e. The van der Waals surface area contributed by atoms with Crippen molar-refractivity contribution in [1.82, 2.24) is 0 Å². The maximum absolute atomic E-state index is 11.1. The number of anilines is 1. The molecule has 0 bridgehead atoms. The molecule has 0 heterocycles. The Morgan fingerprint density at radius 1 is 1.29 bits per heavy atom. The molecule has 0 saturated carbocycles. The van der Waals surface area contributed by atoms with Crippen LogP contribution in [-0.2, 0) is 6.42 Å². The third kappa shape index (κ3) is 3.52. The van der Waals surface area contributed by atoms with Gasteiger partial charge in [0.25, 0.3) is 5.69 Å². The molecule has 0 fully saturated rings. The van der Waals surface area contributed by atoms with Crippen LogP contribution in [0.2, 0.25) is 5.02 Å². The predicted octanol–water partition coefficient (Wildman–Crippen LogP) is 4.98. The van der Waals surface area contributed by atoms with Gasteiger partial charge in [0.05, 0.1) is 4.92 Å². The van der Waals surface area contributed by atoms with Crippen LogP contribution >= 0.6 is 11.6 Å². The summed E-state index contributed by atoms with van der Waals surface area (Å²) >= 11 is 6.17. The number of hydrogen-bond acceptors (Lipinski definition) is 3. The quantitative estimate of drug-likeness (QED) is 0.626. The van der Waals surface area contributed by atoms with Gasteiger partial charge in [0.1, 0.15) is 0 Å². The average Bonchev–Trinajstić information content (AvgIpc) is 2.47. The first-order chi connectivity index (χ1) is 10.0. The minimum absolute atomic E-state index is 0.0363. The second-order valence-electron chi connectivity index (χ2n) is 4.84. The molecule has 1 N–H and O–H groups in total. The minimum Gasteiger partial charge on any atom is -0.378 e. The van der Waals surface area contributed by atoms with E-state index in [2.05, 4.69) is 5.32 Å². The Kier molecular flexibility index (Phi) is 4.81. The van der Waals surface area contributed by atoms with Crippen molar-refractivity contribution in [3.8, 4) is 0 Å². The number of nitro groups is 1. The fraction of sp³-hybridized carbons (Fsp3) is 0.250. The van der Waals surface area contributed by atoms with E-state index in [1.165, 1.54) is 0 Å². The van der Waals surface area contributed by atoms with Gasteiger partial charge in [-0.25, -0.2) is 0 Å². The molecule has 0 aromatic heterocycles. The Hall–Kier alpha value is -2.07. The molecule has 4 nitrogen and oxygen atoms in total. The Balaban J connectivity index is 2.26. The summed E-state index contributed by atoms with van der Waals surface area (Å²) in [5.74, 6) is 0. The van der Waals surface area contributed by atoms with Gasteiger partial charge in [-0.1, -0.05) is 42.8 Å². The van der Waals surface area contributed by atoms with Gasteiger partial charge in [0.2, 0.25) is 0 Å². The Morgan fingerprint density at radius 2 is 2.00 bits per heavy atom. The van der Waals surface area contributed by atoms with Crippen LogP contribution in [0.4, 0.5) is 11.4 Å². The number of aryl methyl sites for hydroxylation is 1. The molecule has 0 aliphatic rings. The van der Waals surface area contributed by atoms with Gasteiger partial charge in [-0.05, 0) is 31.0 Å². The maximum atomic E-state index is 11.1. The first-order valence-corrected chi connectivity index (χ1v) is 7.19. The van der Waals surface area contributed by atoms with Crippen molar-refractivity contribution < 1.29 is 4.92 Å². The third-order valence-corrected chi connectivity index (χ3v) is 3.76. The van der Waals surface area contributed by atoms with Crippen molar-refractivity contribution in [1.29, 1.82) is 0 Å². The third-order valence-electron chi connectivity index (χ3n) is 3.42. The molecule has 110 valence electrons. The van der Waals surface area contributed by atoms with Crippen LogP contribution in [0.1, 0.15) is 31.0 Å². The summed E-state index contributed by atoms with van der Waals surface area (Å²) in [4.78, 5) is 10.8. The lowest BCUT2D eigenvalue weighted by Gasteiger charge is -2.17. The van der Waals surface area contributed by atoms with Crippen LogP contribution in [0.5, 0.6) is 0 Å². The van der Waals surface area contributed by atoms with Crippen molar-refractivity contribution in [2.75, 3.05) is 5.32 Å². The smallest absolute Gasteiger partial charge is 0.274 e. The monoisotopic (exact) mass is 304 g/mol. The highest BCUT2D eigenvalue weighted by atomic mass is 35.5. The van der Waals surface area contributed by atoms with E-state index in [9.17, 15) is 10.1 Å². The second kappa shape index (κ2) is 6.59. The van der Waals surface area contributed by atoms with E-state index in [0.29, 0.717) is 17.1 Å². The zero-order valence-electron chi connectivity index (χ0n) is 12.0. The Labute approximate surface area is 128 Å². The lowest BCUT2D eigenvalue weighted by atomic mass is 10.1. The molecule has 0 amide bonds. The fourth-order valence-electron chi connectivity index (χ4n) is 2.28. The average molecular weight is 305 g/mol. The lowest BCUT2D eigenvalue weighted by molar-refractivity contribution is -0.385. The predicted molar refractivity (Wildman–Crippen MR) is 86.0 cm³/mol. The van der Waals surface area contributed by atoms with E-state index in [1.54, 1.807) is 12.1 Å². The van der Waals surface area contributed by atoms with Crippen LogP contribution in [0.25, 0.3) is 0 Å². The summed E-state index contributed by atoms with van der Waals surface area (Å²) in [6.45, 7) is 3.88. The highest BCUT2D eigenvalue weighted by Crippen LogP contribution is 2.29. The Bertz CT molecular complexity index is 658. The van der Waals surface area contributed by atoms with Crippen molar-refractivity contribution >= 4 is 23.0 Å². The van der Waals surface area contributed by atoms with Crippen LogP contribution < -0.4 is 5.32 Å². The summed E-state index contributed by atoms with van der Waals surface area (Å²) < 4.78 is 0. The molecule has 0 spiro atoms. The standard InChI is InChI=1S/C16H17ClN2O2/c1-3-12-8-9-13(10-16(12)19(20)21)18-11(2)14-6-4-5-7-15(14)17/h4-11,18H,3H2,1-2H3. The van der Waals surface area contributed by atoms with Crippen LogP contribution in [-0.4, -0.2) is 4.92 Å². The summed E-state index contributed by atoms with van der Waals surface area (Å²) in [7, 11) is 0. The molecular formula is C16H17ClN2O2. The summed E-state index contributed by atoms with van der Waals surface area (Å²) in [5, 5.41) is 15.0. The molecule has 0 aliphatic carbocycles. The molecule has 2 rings (SSSR count). The van der Waals surface area contributed by atoms with Gasteiger partial charge < -0.3 is 5.32 Å². The summed E-state index contributed by atoms with van der Waals surface area (Å²) in [5.41, 5.74) is 2.55. The van der Waals surface area contributed by atoms with Crippen molar-refractivity contribution in [2.24, 2.45) is 0 Å². The zero-order valence-corrected chi connectivity index (χ0v) is 12.7. The molecular weight excluding hydrogens is 288 g/mol. The van der Waals surface area contributed by atoms with Gasteiger partial charge in [0, 0.05) is 28.4 Å². The number of benzene rings is 2. The van der Waals surface area contributed by atoms with Crippen molar-refractivity contribution in [3.05, 3.63) is 68.7 Å². The first kappa shape index (κ1) is 15.3. The van der Waals surface area contributed by atoms with Gasteiger partial charge >= 0.3 is 0 Å². The molecule has 5 heteroatoms. The molecule has 21 heavy (non-hydrogen) atoms. The van der Waals surface area contributed by atoms with Crippen molar-refractivity contribution in [2.45, 2.75) is 26.3 Å². The topological polar surface area (TPSA) is 55.2 Å². The molecule has 2 aromatic rings. The molecule has 0 aliphatic heterocycles. The number of halogens is 1. The van der Waals surface area contributed by atoms with Crippen LogP contribution in [0.15, 0.2) is 42.5 Å². The number of rotatable bonds is 5.